The number of nitrogens with one attached hydrogen (secondary N) is 2. The van der Waals surface area contributed by atoms with Crippen molar-refractivity contribution in [1.29, 1.82) is 0 Å². The summed E-state index contributed by atoms with van der Waals surface area (Å²) in [5.41, 5.74) is 0.837. The van der Waals surface area contributed by atoms with E-state index < -0.39 is 9.84 Å². The first-order valence-corrected chi connectivity index (χ1v) is 9.79. The molecule has 134 valence electrons. The van der Waals surface area contributed by atoms with Crippen molar-refractivity contribution in [2.24, 2.45) is 0 Å². The molecule has 0 spiro atoms. The Morgan fingerprint density at radius 3 is 2.68 bits per heavy atom. The van der Waals surface area contributed by atoms with Gasteiger partial charge in [-0.25, -0.2) is 18.2 Å². The quantitative estimate of drug-likeness (QED) is 0.819. The molecule has 1 saturated heterocycles. The zero-order valence-electron chi connectivity index (χ0n) is 13.8. The molecule has 1 aliphatic heterocycles. The van der Waals surface area contributed by atoms with Gasteiger partial charge in [0.15, 0.2) is 5.82 Å². The average molecular weight is 364 g/mol. The highest BCUT2D eigenvalue weighted by Gasteiger charge is 2.28. The second-order valence-electron chi connectivity index (χ2n) is 5.99. The van der Waals surface area contributed by atoms with E-state index in [9.17, 15) is 13.2 Å². The largest absolute Gasteiger partial charge is 0.331 e. The van der Waals surface area contributed by atoms with E-state index in [2.05, 4.69) is 25.5 Å². The summed E-state index contributed by atoms with van der Waals surface area (Å²) in [6, 6.07) is 3.28. The number of nitrogens with zero attached hydrogens (tertiary/aromatic N) is 4. The monoisotopic (exact) mass is 364 g/mol. The van der Waals surface area contributed by atoms with Gasteiger partial charge in [-0.05, 0) is 25.0 Å². The lowest BCUT2D eigenvalue weighted by Crippen LogP contribution is -2.46. The molecule has 0 atom stereocenters. The predicted octanol–water partition coefficient (Wildman–Crippen LogP) is 0.585. The van der Waals surface area contributed by atoms with E-state index in [1.807, 2.05) is 0 Å². The lowest BCUT2D eigenvalue weighted by atomic mass is 10.1. The molecule has 0 aliphatic carbocycles. The van der Waals surface area contributed by atoms with Gasteiger partial charge in [0.2, 0.25) is 0 Å². The molecule has 3 heterocycles. The Morgan fingerprint density at radius 1 is 1.32 bits per heavy atom. The maximum Gasteiger partial charge on any atom is 0.317 e. The summed E-state index contributed by atoms with van der Waals surface area (Å²) in [6.45, 7) is 0.215. The number of hydrogen-bond acceptors (Lipinski definition) is 6. The SMILES string of the molecule is CN(C(=O)NCc1nc(-c2ccncc2)n[nH]1)C1CCS(=O)(=O)CC1. The van der Waals surface area contributed by atoms with Gasteiger partial charge >= 0.3 is 6.03 Å². The normalized spacial score (nSPS) is 17.2. The van der Waals surface area contributed by atoms with Crippen molar-refractivity contribution >= 4 is 15.9 Å². The van der Waals surface area contributed by atoms with E-state index in [4.69, 9.17) is 0 Å². The molecule has 2 amide bonds. The van der Waals surface area contributed by atoms with Crippen molar-refractivity contribution < 1.29 is 13.2 Å². The minimum atomic E-state index is -2.94. The van der Waals surface area contributed by atoms with Gasteiger partial charge in [0, 0.05) is 31.0 Å². The summed E-state index contributed by atoms with van der Waals surface area (Å²) in [4.78, 5) is 22.1. The highest BCUT2D eigenvalue weighted by Crippen LogP contribution is 2.17. The van der Waals surface area contributed by atoms with Gasteiger partial charge in [0.05, 0.1) is 18.1 Å². The van der Waals surface area contributed by atoms with Crippen LogP contribution in [0.15, 0.2) is 24.5 Å². The summed E-state index contributed by atoms with van der Waals surface area (Å²) >= 11 is 0. The van der Waals surface area contributed by atoms with Crippen LogP contribution in [0.1, 0.15) is 18.7 Å². The smallest absolute Gasteiger partial charge is 0.317 e. The summed E-state index contributed by atoms with van der Waals surface area (Å²) in [7, 11) is -1.26. The number of pyridine rings is 1. The fourth-order valence-electron chi connectivity index (χ4n) is 2.72. The van der Waals surface area contributed by atoms with Crippen molar-refractivity contribution in [3.8, 4) is 11.4 Å². The van der Waals surface area contributed by atoms with E-state index in [0.29, 0.717) is 24.5 Å². The third-order valence-corrected chi connectivity index (χ3v) is 5.98. The lowest BCUT2D eigenvalue weighted by Gasteiger charge is -2.31. The molecule has 2 aromatic heterocycles. The maximum absolute atomic E-state index is 12.2. The van der Waals surface area contributed by atoms with Crippen LogP contribution < -0.4 is 5.32 Å². The number of amides is 2. The third kappa shape index (κ3) is 4.32. The third-order valence-electron chi connectivity index (χ3n) is 4.27. The van der Waals surface area contributed by atoms with Gasteiger partial charge in [0.1, 0.15) is 15.7 Å². The van der Waals surface area contributed by atoms with Crippen LogP contribution in [0.4, 0.5) is 4.79 Å². The molecule has 2 N–H and O–H groups in total. The summed E-state index contributed by atoms with van der Waals surface area (Å²) in [6.07, 6.45) is 4.26. The molecule has 0 bridgehead atoms. The molecule has 1 aliphatic rings. The summed E-state index contributed by atoms with van der Waals surface area (Å²) in [5, 5.41) is 9.69. The molecular weight excluding hydrogens is 344 g/mol. The standard InChI is InChI=1S/C15H20N6O3S/c1-21(12-4-8-25(23,24)9-5-12)15(22)17-10-13-18-14(20-19-13)11-2-6-16-7-3-11/h2-3,6-7,12H,4-5,8-10H2,1H3,(H,17,22)(H,18,19,20). The first kappa shape index (κ1) is 17.3. The Bertz CT molecular complexity index is 822. The number of carbonyl (C=O) groups is 1. The van der Waals surface area contributed by atoms with Gasteiger partial charge in [-0.2, -0.15) is 5.10 Å². The van der Waals surface area contributed by atoms with Crippen molar-refractivity contribution in [3.05, 3.63) is 30.4 Å². The highest BCUT2D eigenvalue weighted by molar-refractivity contribution is 7.91. The number of H-pyrrole nitrogens is 1. The Morgan fingerprint density at radius 2 is 2.00 bits per heavy atom. The molecule has 0 unspecified atom stereocenters. The van der Waals surface area contributed by atoms with Crippen LogP contribution in [0.5, 0.6) is 0 Å². The molecule has 0 aromatic carbocycles. The Labute approximate surface area is 145 Å². The molecule has 1 fully saturated rings. The fourth-order valence-corrected chi connectivity index (χ4v) is 4.19. The van der Waals surface area contributed by atoms with Crippen molar-refractivity contribution in [3.63, 3.8) is 0 Å². The van der Waals surface area contributed by atoms with Gasteiger partial charge in [-0.15, -0.1) is 0 Å². The van der Waals surface area contributed by atoms with Crippen LogP contribution in [-0.2, 0) is 16.4 Å². The molecule has 0 radical (unpaired) electrons. The van der Waals surface area contributed by atoms with E-state index in [1.54, 1.807) is 36.5 Å². The topological polar surface area (TPSA) is 121 Å². The highest BCUT2D eigenvalue weighted by atomic mass is 32.2. The Kier molecular flexibility index (Phi) is 4.98. The fraction of sp³-hybridized carbons (Fsp3) is 0.467. The number of urea groups is 1. The van der Waals surface area contributed by atoms with Gasteiger partial charge in [-0.1, -0.05) is 0 Å². The number of aromatic amines is 1. The van der Waals surface area contributed by atoms with E-state index >= 15 is 0 Å². The van der Waals surface area contributed by atoms with E-state index in [0.717, 1.165) is 5.56 Å². The van der Waals surface area contributed by atoms with Crippen LogP contribution in [0.25, 0.3) is 11.4 Å². The predicted molar refractivity (Wildman–Crippen MR) is 91.3 cm³/mol. The lowest BCUT2D eigenvalue weighted by molar-refractivity contribution is 0.185. The van der Waals surface area contributed by atoms with Gasteiger partial charge in [-0.3, -0.25) is 10.1 Å². The van der Waals surface area contributed by atoms with Crippen LogP contribution in [0, 0.1) is 0 Å². The first-order chi connectivity index (χ1) is 11.9. The van der Waals surface area contributed by atoms with Crippen LogP contribution in [0.3, 0.4) is 0 Å². The first-order valence-electron chi connectivity index (χ1n) is 7.97. The second kappa shape index (κ2) is 7.18. The average Bonchev–Trinajstić information content (AvgIpc) is 3.09. The molecule has 9 nitrogen and oxygen atoms in total. The molecule has 0 saturated carbocycles. The number of rotatable bonds is 4. The number of aromatic nitrogens is 4. The number of hydrogen-bond donors (Lipinski definition) is 2. The Hall–Kier alpha value is -2.49. The molecule has 25 heavy (non-hydrogen) atoms. The molecular formula is C15H20N6O3S. The minimum absolute atomic E-state index is 0.0642. The second-order valence-corrected chi connectivity index (χ2v) is 8.30. The van der Waals surface area contributed by atoms with Crippen LogP contribution in [-0.4, -0.2) is 64.1 Å². The molecule has 2 aromatic rings. The summed E-state index contributed by atoms with van der Waals surface area (Å²) < 4.78 is 23.0. The molecule has 10 heteroatoms. The zero-order chi connectivity index (χ0) is 17.9. The van der Waals surface area contributed by atoms with Crippen molar-refractivity contribution in [2.75, 3.05) is 18.6 Å². The van der Waals surface area contributed by atoms with Crippen LogP contribution >= 0.6 is 0 Å². The minimum Gasteiger partial charge on any atom is -0.331 e. The zero-order valence-corrected chi connectivity index (χ0v) is 14.7. The Balaban J connectivity index is 1.53. The molecule has 3 rings (SSSR count). The van der Waals surface area contributed by atoms with Gasteiger partial charge in [0.25, 0.3) is 0 Å². The summed E-state index contributed by atoms with van der Waals surface area (Å²) in [5.74, 6) is 1.34. The maximum atomic E-state index is 12.2. The van der Waals surface area contributed by atoms with Crippen molar-refractivity contribution in [2.45, 2.75) is 25.4 Å². The van der Waals surface area contributed by atoms with Gasteiger partial charge < -0.3 is 10.2 Å². The number of carbonyl (C=O) groups excluding carboxylic acids is 1. The number of sulfone groups is 1. The van der Waals surface area contributed by atoms with E-state index in [1.165, 1.54) is 0 Å². The van der Waals surface area contributed by atoms with Crippen LogP contribution in [0.2, 0.25) is 0 Å². The van der Waals surface area contributed by atoms with E-state index in [-0.39, 0.29) is 30.1 Å². The van der Waals surface area contributed by atoms with Crippen molar-refractivity contribution in [1.82, 2.24) is 30.4 Å².